The first-order valence-corrected chi connectivity index (χ1v) is 9.50. The molecule has 3 rings (SSSR count). The Morgan fingerprint density at radius 1 is 1.16 bits per heavy atom. The highest BCUT2D eigenvalue weighted by Gasteiger charge is 2.24. The number of nitrogens with zero attached hydrogens (tertiary/aromatic N) is 4. The van der Waals surface area contributed by atoms with E-state index in [-0.39, 0.29) is 11.2 Å². The van der Waals surface area contributed by atoms with Gasteiger partial charge in [-0.15, -0.1) is 10.2 Å². The SMILES string of the molecule is COC(=O)[C@@H](C)Sc1nnc(N2CCCCC2)n1-c1ccc(C)cc1. The summed E-state index contributed by atoms with van der Waals surface area (Å²) in [6.45, 7) is 5.87. The van der Waals surface area contributed by atoms with Gasteiger partial charge in [-0.05, 0) is 45.2 Å². The number of carbonyl (C=O) groups is 1. The van der Waals surface area contributed by atoms with Crippen molar-refractivity contribution < 1.29 is 9.53 Å². The number of benzene rings is 1. The molecule has 134 valence electrons. The van der Waals surface area contributed by atoms with Crippen LogP contribution in [0.15, 0.2) is 29.4 Å². The van der Waals surface area contributed by atoms with Crippen molar-refractivity contribution in [3.8, 4) is 5.69 Å². The number of thioether (sulfide) groups is 1. The summed E-state index contributed by atoms with van der Waals surface area (Å²) in [6.07, 6.45) is 3.60. The summed E-state index contributed by atoms with van der Waals surface area (Å²) in [5.41, 5.74) is 2.21. The monoisotopic (exact) mass is 360 g/mol. The molecule has 1 aromatic carbocycles. The Kier molecular flexibility index (Phi) is 5.63. The van der Waals surface area contributed by atoms with E-state index in [9.17, 15) is 4.79 Å². The van der Waals surface area contributed by atoms with E-state index in [0.717, 1.165) is 24.7 Å². The highest BCUT2D eigenvalue weighted by atomic mass is 32.2. The zero-order valence-electron chi connectivity index (χ0n) is 14.9. The average Bonchev–Trinajstić information content (AvgIpc) is 3.06. The fourth-order valence-electron chi connectivity index (χ4n) is 2.93. The van der Waals surface area contributed by atoms with Gasteiger partial charge in [-0.2, -0.15) is 0 Å². The molecular formula is C18H24N4O2S. The fraction of sp³-hybridized carbons (Fsp3) is 0.500. The van der Waals surface area contributed by atoms with E-state index >= 15 is 0 Å². The quantitative estimate of drug-likeness (QED) is 0.603. The van der Waals surface area contributed by atoms with Crippen LogP contribution in [0.4, 0.5) is 5.95 Å². The Bertz CT molecular complexity index is 723. The van der Waals surface area contributed by atoms with Gasteiger partial charge in [0.15, 0.2) is 5.16 Å². The van der Waals surface area contributed by atoms with Crippen molar-refractivity contribution in [2.75, 3.05) is 25.1 Å². The van der Waals surface area contributed by atoms with Crippen LogP contribution in [-0.4, -0.2) is 46.2 Å². The molecule has 2 aromatic rings. The predicted octanol–water partition coefficient (Wildman–Crippen LogP) is 3.22. The van der Waals surface area contributed by atoms with Gasteiger partial charge in [0.05, 0.1) is 12.8 Å². The van der Waals surface area contributed by atoms with Crippen molar-refractivity contribution >= 4 is 23.7 Å². The molecule has 0 radical (unpaired) electrons. The number of rotatable bonds is 5. The van der Waals surface area contributed by atoms with Crippen LogP contribution in [0.1, 0.15) is 31.7 Å². The van der Waals surface area contributed by atoms with Gasteiger partial charge in [0.2, 0.25) is 5.95 Å². The first-order valence-electron chi connectivity index (χ1n) is 8.62. The maximum Gasteiger partial charge on any atom is 0.318 e. The smallest absolute Gasteiger partial charge is 0.318 e. The Labute approximate surface area is 152 Å². The lowest BCUT2D eigenvalue weighted by Crippen LogP contribution is -2.31. The zero-order chi connectivity index (χ0) is 17.8. The summed E-state index contributed by atoms with van der Waals surface area (Å²) in [7, 11) is 1.41. The second-order valence-corrected chi connectivity index (χ2v) is 7.59. The zero-order valence-corrected chi connectivity index (χ0v) is 15.8. The maximum absolute atomic E-state index is 11.8. The highest BCUT2D eigenvalue weighted by Crippen LogP contribution is 2.30. The standard InChI is InChI=1S/C18H24N4O2S/c1-13-7-9-15(10-8-13)22-17(21-11-5-4-6-12-21)19-20-18(22)25-14(2)16(23)24-3/h7-10,14H,4-6,11-12H2,1-3H3/t14-/m1/s1. The second kappa shape index (κ2) is 7.91. The molecule has 0 bridgehead atoms. The Hall–Kier alpha value is -2.02. The third-order valence-electron chi connectivity index (χ3n) is 4.36. The van der Waals surface area contributed by atoms with Crippen LogP contribution in [0.5, 0.6) is 0 Å². The number of hydrogen-bond donors (Lipinski definition) is 0. The van der Waals surface area contributed by atoms with Crippen LogP contribution in [-0.2, 0) is 9.53 Å². The molecule has 0 aliphatic carbocycles. The van der Waals surface area contributed by atoms with Gasteiger partial charge in [-0.25, -0.2) is 0 Å². The minimum absolute atomic E-state index is 0.261. The van der Waals surface area contributed by atoms with Crippen molar-refractivity contribution in [1.82, 2.24) is 14.8 Å². The first kappa shape index (κ1) is 17.8. The van der Waals surface area contributed by atoms with Crippen LogP contribution in [0, 0.1) is 6.92 Å². The molecule has 1 aliphatic heterocycles. The summed E-state index contributed by atoms with van der Waals surface area (Å²) in [4.78, 5) is 14.1. The highest BCUT2D eigenvalue weighted by molar-refractivity contribution is 8.00. The lowest BCUT2D eigenvalue weighted by Gasteiger charge is -2.28. The normalized spacial score (nSPS) is 15.9. The Morgan fingerprint density at radius 2 is 1.84 bits per heavy atom. The minimum Gasteiger partial charge on any atom is -0.468 e. The van der Waals surface area contributed by atoms with Crippen LogP contribution < -0.4 is 4.90 Å². The van der Waals surface area contributed by atoms with Crippen LogP contribution in [0.3, 0.4) is 0 Å². The Balaban J connectivity index is 1.98. The number of hydrogen-bond acceptors (Lipinski definition) is 6. The first-order chi connectivity index (χ1) is 12.1. The third-order valence-corrected chi connectivity index (χ3v) is 5.38. The van der Waals surface area contributed by atoms with E-state index in [1.54, 1.807) is 0 Å². The molecule has 0 spiro atoms. The molecule has 1 atom stereocenters. The summed E-state index contributed by atoms with van der Waals surface area (Å²) in [6, 6.07) is 8.29. The van der Waals surface area contributed by atoms with Gasteiger partial charge in [-0.1, -0.05) is 29.5 Å². The minimum atomic E-state index is -0.340. The van der Waals surface area contributed by atoms with Gasteiger partial charge < -0.3 is 9.64 Å². The number of aromatic nitrogens is 3. The van der Waals surface area contributed by atoms with Crippen LogP contribution in [0.2, 0.25) is 0 Å². The number of aryl methyl sites for hydroxylation is 1. The van der Waals surface area contributed by atoms with E-state index in [4.69, 9.17) is 4.74 Å². The third kappa shape index (κ3) is 3.98. The topological polar surface area (TPSA) is 60.2 Å². The fourth-order valence-corrected chi connectivity index (χ4v) is 3.82. The number of ether oxygens (including phenoxy) is 1. The molecule has 0 saturated carbocycles. The van der Waals surface area contributed by atoms with Crippen molar-refractivity contribution in [1.29, 1.82) is 0 Å². The van der Waals surface area contributed by atoms with E-state index in [0.29, 0.717) is 5.16 Å². The second-order valence-electron chi connectivity index (χ2n) is 6.28. The average molecular weight is 360 g/mol. The number of carbonyl (C=O) groups excluding carboxylic acids is 1. The molecule has 2 heterocycles. The maximum atomic E-state index is 11.8. The summed E-state index contributed by atoms with van der Waals surface area (Å²) in [5, 5.41) is 9.19. The lowest BCUT2D eigenvalue weighted by atomic mass is 10.1. The van der Waals surface area contributed by atoms with E-state index < -0.39 is 0 Å². The number of anilines is 1. The molecule has 0 unspecified atom stereocenters. The molecular weight excluding hydrogens is 336 g/mol. The number of methoxy groups -OCH3 is 1. The number of piperidine rings is 1. The van der Waals surface area contributed by atoms with Gasteiger partial charge in [0, 0.05) is 13.1 Å². The number of esters is 1. The van der Waals surface area contributed by atoms with Gasteiger partial charge in [0.1, 0.15) is 5.25 Å². The van der Waals surface area contributed by atoms with Crippen molar-refractivity contribution in [2.24, 2.45) is 0 Å². The molecule has 1 aliphatic rings. The predicted molar refractivity (Wildman–Crippen MR) is 99.5 cm³/mol. The van der Waals surface area contributed by atoms with E-state index in [2.05, 4.69) is 50.9 Å². The van der Waals surface area contributed by atoms with Crippen molar-refractivity contribution in [3.05, 3.63) is 29.8 Å². The van der Waals surface area contributed by atoms with Crippen molar-refractivity contribution in [2.45, 2.75) is 43.5 Å². The Morgan fingerprint density at radius 3 is 2.48 bits per heavy atom. The van der Waals surface area contributed by atoms with E-state index in [1.807, 2.05) is 6.92 Å². The molecule has 0 N–H and O–H groups in total. The van der Waals surface area contributed by atoms with Crippen LogP contribution in [0.25, 0.3) is 5.69 Å². The molecule has 25 heavy (non-hydrogen) atoms. The van der Waals surface area contributed by atoms with Crippen molar-refractivity contribution in [3.63, 3.8) is 0 Å². The molecule has 0 amide bonds. The largest absolute Gasteiger partial charge is 0.468 e. The summed E-state index contributed by atoms with van der Waals surface area (Å²) in [5.74, 6) is 0.589. The summed E-state index contributed by atoms with van der Waals surface area (Å²) < 4.78 is 6.89. The summed E-state index contributed by atoms with van der Waals surface area (Å²) >= 11 is 1.37. The van der Waals surface area contributed by atoms with E-state index in [1.165, 1.54) is 43.7 Å². The molecule has 7 heteroatoms. The van der Waals surface area contributed by atoms with Gasteiger partial charge >= 0.3 is 5.97 Å². The molecule has 1 saturated heterocycles. The lowest BCUT2D eigenvalue weighted by molar-refractivity contribution is -0.139. The molecule has 1 fully saturated rings. The van der Waals surface area contributed by atoms with Gasteiger partial charge in [0.25, 0.3) is 0 Å². The van der Waals surface area contributed by atoms with Crippen LogP contribution >= 0.6 is 11.8 Å². The van der Waals surface area contributed by atoms with Gasteiger partial charge in [-0.3, -0.25) is 9.36 Å². The molecule has 6 nitrogen and oxygen atoms in total. The molecule has 1 aromatic heterocycles.